The van der Waals surface area contributed by atoms with Gasteiger partial charge in [0.25, 0.3) is 0 Å². The molecule has 29 heavy (non-hydrogen) atoms. The Morgan fingerprint density at radius 1 is 0.897 bits per heavy atom. The number of anilines is 1. The number of carbonyl (C=O) groups is 1. The van der Waals surface area contributed by atoms with Gasteiger partial charge in [-0.3, -0.25) is 4.79 Å². The summed E-state index contributed by atoms with van der Waals surface area (Å²) in [5, 5.41) is 2.92. The van der Waals surface area contributed by atoms with Crippen molar-refractivity contribution in [3.8, 4) is 11.3 Å². The molecule has 3 aromatic carbocycles. The highest BCUT2D eigenvalue weighted by Crippen LogP contribution is 2.36. The third kappa shape index (κ3) is 3.43. The van der Waals surface area contributed by atoms with Gasteiger partial charge in [0.15, 0.2) is 5.13 Å². The number of nitrogens with zero attached hydrogens (tertiary/aromatic N) is 2. The van der Waals surface area contributed by atoms with Crippen LogP contribution in [-0.4, -0.2) is 37.1 Å². The highest BCUT2D eigenvalue weighted by molar-refractivity contribution is 7.18. The first kappa shape index (κ1) is 18.0. The Bertz CT molecular complexity index is 1160. The summed E-state index contributed by atoms with van der Waals surface area (Å²) < 4.78 is 5.48. The van der Waals surface area contributed by atoms with Crippen molar-refractivity contribution in [3.63, 3.8) is 0 Å². The van der Waals surface area contributed by atoms with Crippen LogP contribution in [0.5, 0.6) is 0 Å². The summed E-state index contributed by atoms with van der Waals surface area (Å²) >= 11 is 1.48. The van der Waals surface area contributed by atoms with Crippen LogP contribution in [-0.2, 0) is 4.74 Å². The molecule has 1 aliphatic rings. The third-order valence-corrected chi connectivity index (χ3v) is 6.30. The average molecular weight is 401 g/mol. The van der Waals surface area contributed by atoms with E-state index in [1.807, 2.05) is 72.8 Å². The Kier molecular flexibility index (Phi) is 4.84. The molecule has 1 saturated heterocycles. The van der Waals surface area contributed by atoms with Gasteiger partial charge in [-0.1, -0.05) is 84.1 Å². The monoisotopic (exact) mass is 400 g/mol. The van der Waals surface area contributed by atoms with Crippen LogP contribution in [0.4, 0.5) is 5.13 Å². The maximum Gasteiger partial charge on any atom is 0.205 e. The van der Waals surface area contributed by atoms with Crippen molar-refractivity contribution in [2.24, 2.45) is 0 Å². The second kappa shape index (κ2) is 7.78. The summed E-state index contributed by atoms with van der Waals surface area (Å²) in [4.78, 5) is 21.5. The predicted molar refractivity (Wildman–Crippen MR) is 118 cm³/mol. The first-order chi connectivity index (χ1) is 14.3. The second-order valence-electron chi connectivity index (χ2n) is 7.00. The molecule has 0 spiro atoms. The highest BCUT2D eigenvalue weighted by atomic mass is 32.1. The van der Waals surface area contributed by atoms with Crippen LogP contribution in [0.1, 0.15) is 15.2 Å². The molecule has 1 aliphatic heterocycles. The van der Waals surface area contributed by atoms with E-state index in [2.05, 4.69) is 4.90 Å². The number of benzene rings is 3. The van der Waals surface area contributed by atoms with Crippen LogP contribution in [0, 0.1) is 0 Å². The van der Waals surface area contributed by atoms with E-state index < -0.39 is 0 Å². The van der Waals surface area contributed by atoms with Crippen LogP contribution in [0.2, 0.25) is 0 Å². The maximum atomic E-state index is 13.7. The molecule has 0 atom stereocenters. The minimum absolute atomic E-state index is 0.0256. The van der Waals surface area contributed by atoms with E-state index in [4.69, 9.17) is 9.72 Å². The second-order valence-corrected chi connectivity index (χ2v) is 7.97. The first-order valence-corrected chi connectivity index (χ1v) is 10.5. The zero-order valence-electron chi connectivity index (χ0n) is 15.9. The van der Waals surface area contributed by atoms with E-state index >= 15 is 0 Å². The van der Waals surface area contributed by atoms with Crippen molar-refractivity contribution in [2.75, 3.05) is 31.2 Å². The molecule has 0 N–H and O–H groups in total. The number of carbonyl (C=O) groups excluding carboxylic acids is 1. The summed E-state index contributed by atoms with van der Waals surface area (Å²) in [5.74, 6) is 0.0256. The van der Waals surface area contributed by atoms with Crippen molar-refractivity contribution in [2.45, 2.75) is 0 Å². The molecule has 4 nitrogen and oxygen atoms in total. The zero-order valence-corrected chi connectivity index (χ0v) is 16.7. The molecular formula is C24H20N2O2S. The fourth-order valence-corrected chi connectivity index (χ4v) is 4.78. The Hall–Kier alpha value is -3.02. The van der Waals surface area contributed by atoms with Crippen molar-refractivity contribution >= 4 is 33.0 Å². The molecule has 0 aliphatic carbocycles. The summed E-state index contributed by atoms with van der Waals surface area (Å²) in [6.07, 6.45) is 0. The Labute approximate surface area is 173 Å². The minimum atomic E-state index is 0.0256. The van der Waals surface area contributed by atoms with Crippen molar-refractivity contribution in [3.05, 3.63) is 83.2 Å². The molecule has 144 valence electrons. The van der Waals surface area contributed by atoms with Crippen LogP contribution < -0.4 is 4.90 Å². The predicted octanol–water partition coefficient (Wildman–Crippen LogP) is 5.03. The van der Waals surface area contributed by atoms with Crippen molar-refractivity contribution in [1.29, 1.82) is 0 Å². The Balaban J connectivity index is 1.64. The number of morpholine rings is 1. The molecule has 2 heterocycles. The number of aromatic nitrogens is 1. The van der Waals surface area contributed by atoms with Crippen molar-refractivity contribution < 1.29 is 9.53 Å². The van der Waals surface area contributed by atoms with Crippen LogP contribution in [0.25, 0.3) is 22.0 Å². The number of rotatable bonds is 4. The minimum Gasteiger partial charge on any atom is -0.378 e. The van der Waals surface area contributed by atoms with E-state index in [9.17, 15) is 4.79 Å². The molecule has 0 unspecified atom stereocenters. The molecule has 0 bridgehead atoms. The molecule has 1 fully saturated rings. The lowest BCUT2D eigenvalue weighted by Crippen LogP contribution is -2.36. The largest absolute Gasteiger partial charge is 0.378 e. The molecule has 5 rings (SSSR count). The van der Waals surface area contributed by atoms with E-state index in [0.717, 1.165) is 45.8 Å². The van der Waals surface area contributed by atoms with E-state index in [-0.39, 0.29) is 5.78 Å². The molecule has 5 heteroatoms. The first-order valence-electron chi connectivity index (χ1n) is 9.73. The summed E-state index contributed by atoms with van der Waals surface area (Å²) in [5.41, 5.74) is 2.44. The Morgan fingerprint density at radius 3 is 2.45 bits per heavy atom. The molecular weight excluding hydrogens is 380 g/mol. The third-order valence-electron chi connectivity index (χ3n) is 5.19. The van der Waals surface area contributed by atoms with Crippen LogP contribution in [0.15, 0.2) is 72.8 Å². The van der Waals surface area contributed by atoms with Gasteiger partial charge in [-0.05, 0) is 10.8 Å². The lowest BCUT2D eigenvalue weighted by molar-refractivity contribution is 0.104. The van der Waals surface area contributed by atoms with Crippen LogP contribution >= 0.6 is 11.3 Å². The molecule has 4 aromatic rings. The van der Waals surface area contributed by atoms with E-state index in [1.54, 1.807) is 0 Å². The quantitative estimate of drug-likeness (QED) is 0.451. The summed E-state index contributed by atoms with van der Waals surface area (Å²) in [6, 6.07) is 23.9. The molecule has 0 saturated carbocycles. The van der Waals surface area contributed by atoms with E-state index in [1.165, 1.54) is 11.3 Å². The standard InChI is InChI=1S/C24H20N2O2S/c27-22(20-12-6-10-17-7-4-5-11-19(17)20)23-21(18-8-2-1-3-9-18)25-24(29-23)26-13-15-28-16-14-26/h1-12H,13-16H2. The normalized spacial score (nSPS) is 14.3. The van der Waals surface area contributed by atoms with Gasteiger partial charge in [0.1, 0.15) is 4.88 Å². The molecule has 0 amide bonds. The number of hydrogen-bond donors (Lipinski definition) is 0. The maximum absolute atomic E-state index is 13.7. The SMILES string of the molecule is O=C(c1sc(N2CCOCC2)nc1-c1ccccc1)c1cccc2ccccc12. The summed E-state index contributed by atoms with van der Waals surface area (Å²) in [7, 11) is 0. The zero-order chi connectivity index (χ0) is 19.6. The highest BCUT2D eigenvalue weighted by Gasteiger charge is 2.25. The van der Waals surface area contributed by atoms with Crippen molar-refractivity contribution in [1.82, 2.24) is 4.98 Å². The fourth-order valence-electron chi connectivity index (χ4n) is 3.69. The van der Waals surface area contributed by atoms with Gasteiger partial charge in [0, 0.05) is 24.2 Å². The van der Waals surface area contributed by atoms with Gasteiger partial charge in [-0.15, -0.1) is 0 Å². The number of fused-ring (bicyclic) bond motifs is 1. The number of ether oxygens (including phenoxy) is 1. The topological polar surface area (TPSA) is 42.4 Å². The molecule has 0 radical (unpaired) electrons. The fraction of sp³-hybridized carbons (Fsp3) is 0.167. The van der Waals surface area contributed by atoms with Gasteiger partial charge in [-0.2, -0.15) is 0 Å². The number of hydrogen-bond acceptors (Lipinski definition) is 5. The van der Waals surface area contributed by atoms with E-state index in [0.29, 0.717) is 18.1 Å². The van der Waals surface area contributed by atoms with Gasteiger partial charge in [0.05, 0.1) is 18.9 Å². The number of ketones is 1. The Morgan fingerprint density at radius 2 is 1.62 bits per heavy atom. The van der Waals surface area contributed by atoms with Gasteiger partial charge in [-0.25, -0.2) is 4.98 Å². The van der Waals surface area contributed by atoms with Gasteiger partial charge in [0.2, 0.25) is 5.78 Å². The lowest BCUT2D eigenvalue weighted by atomic mass is 9.99. The van der Waals surface area contributed by atoms with Crippen LogP contribution in [0.3, 0.4) is 0 Å². The molecule has 1 aromatic heterocycles. The van der Waals surface area contributed by atoms with Gasteiger partial charge < -0.3 is 9.64 Å². The lowest BCUT2D eigenvalue weighted by Gasteiger charge is -2.26. The van der Waals surface area contributed by atoms with Gasteiger partial charge >= 0.3 is 0 Å². The summed E-state index contributed by atoms with van der Waals surface area (Å²) in [6.45, 7) is 2.97. The average Bonchev–Trinajstić information content (AvgIpc) is 3.25. The smallest absolute Gasteiger partial charge is 0.205 e. The number of thiazole rings is 1.